The largest absolute Gasteiger partial charge is 0.354 e. The molecule has 1 amide bonds. The summed E-state index contributed by atoms with van der Waals surface area (Å²) in [6.45, 7) is 0.967. The molecule has 0 aliphatic carbocycles. The summed E-state index contributed by atoms with van der Waals surface area (Å²) in [7, 11) is -3.66. The van der Waals surface area contributed by atoms with Gasteiger partial charge in [0.2, 0.25) is 15.9 Å². The topological polar surface area (TPSA) is 66.5 Å². The predicted molar refractivity (Wildman–Crippen MR) is 85.3 cm³/mol. The molecule has 2 aromatic rings. The second-order valence-electron chi connectivity index (χ2n) is 5.81. The van der Waals surface area contributed by atoms with E-state index in [9.17, 15) is 13.2 Å². The average molecular weight is 336 g/mol. The minimum Gasteiger partial charge on any atom is -0.354 e. The normalized spacial score (nSPS) is 26.1. The highest BCUT2D eigenvalue weighted by atomic mass is 32.2. The molecule has 1 atom stereocenters. The number of carbonyl (C=O) groups is 1. The van der Waals surface area contributed by atoms with Crippen molar-refractivity contribution in [2.45, 2.75) is 29.7 Å². The molecule has 1 N–H and O–H groups in total. The van der Waals surface area contributed by atoms with E-state index >= 15 is 0 Å². The van der Waals surface area contributed by atoms with E-state index < -0.39 is 15.6 Å². The predicted octanol–water partition coefficient (Wildman–Crippen LogP) is 1.94. The summed E-state index contributed by atoms with van der Waals surface area (Å²) in [5.41, 5.74) is -0.873. The molecule has 116 valence electrons. The van der Waals surface area contributed by atoms with E-state index in [0.717, 1.165) is 16.5 Å². The highest BCUT2D eigenvalue weighted by Gasteiger charge is 2.55. The van der Waals surface area contributed by atoms with Gasteiger partial charge in [0.05, 0.1) is 0 Å². The number of fused-ring (bicyclic) bond motifs is 1. The Labute approximate surface area is 133 Å². The smallest absolute Gasteiger partial charge is 0.245 e. The van der Waals surface area contributed by atoms with E-state index in [-0.39, 0.29) is 5.91 Å². The van der Waals surface area contributed by atoms with E-state index in [1.165, 1.54) is 15.6 Å². The second-order valence-corrected chi connectivity index (χ2v) is 8.56. The average Bonchev–Trinajstić information content (AvgIpc) is 3.20. The van der Waals surface area contributed by atoms with Gasteiger partial charge in [-0.3, -0.25) is 4.79 Å². The fraction of sp³-hybridized carbons (Fsp3) is 0.400. The highest BCUT2D eigenvalue weighted by molar-refractivity contribution is 7.89. The monoisotopic (exact) mass is 336 g/mol. The lowest BCUT2D eigenvalue weighted by atomic mass is 9.96. The second kappa shape index (κ2) is 4.78. The molecule has 2 saturated heterocycles. The molecule has 3 heterocycles. The Morgan fingerprint density at radius 3 is 2.82 bits per heavy atom. The van der Waals surface area contributed by atoms with Crippen LogP contribution < -0.4 is 5.32 Å². The van der Waals surface area contributed by atoms with Gasteiger partial charge in [-0.2, -0.15) is 4.31 Å². The van der Waals surface area contributed by atoms with Crippen molar-refractivity contribution in [1.82, 2.24) is 9.62 Å². The van der Waals surface area contributed by atoms with Crippen molar-refractivity contribution < 1.29 is 13.2 Å². The van der Waals surface area contributed by atoms with Gasteiger partial charge in [-0.1, -0.05) is 18.2 Å². The number of hydrogen-bond acceptors (Lipinski definition) is 4. The van der Waals surface area contributed by atoms with Gasteiger partial charge in [0.1, 0.15) is 10.4 Å². The van der Waals surface area contributed by atoms with Crippen LogP contribution in [0.2, 0.25) is 0 Å². The third-order valence-corrected chi connectivity index (χ3v) is 7.81. The van der Waals surface area contributed by atoms with Gasteiger partial charge in [-0.15, -0.1) is 11.3 Å². The zero-order valence-corrected chi connectivity index (χ0v) is 13.5. The third-order valence-electron chi connectivity index (χ3n) is 4.69. The summed E-state index contributed by atoms with van der Waals surface area (Å²) in [5.74, 6) is -0.145. The lowest BCUT2D eigenvalue weighted by molar-refractivity contribution is -0.126. The summed E-state index contributed by atoms with van der Waals surface area (Å²) in [6, 6.07) is 7.49. The number of carbonyl (C=O) groups excluding carboxylic acids is 1. The van der Waals surface area contributed by atoms with Gasteiger partial charge in [-0.25, -0.2) is 8.42 Å². The SMILES string of the molecule is O=C1NCCC12CCCN2S(=O)(=O)c1csc2ccccc12. The lowest BCUT2D eigenvalue weighted by Crippen LogP contribution is -2.51. The van der Waals surface area contributed by atoms with Crippen molar-refractivity contribution in [3.05, 3.63) is 29.6 Å². The van der Waals surface area contributed by atoms with Crippen LogP contribution in [0.3, 0.4) is 0 Å². The summed E-state index contributed by atoms with van der Waals surface area (Å²) in [5, 5.41) is 5.23. The van der Waals surface area contributed by atoms with E-state index in [1.807, 2.05) is 24.3 Å². The Bertz CT molecular complexity index is 855. The molecule has 2 aliphatic heterocycles. The van der Waals surface area contributed by atoms with Gasteiger partial charge in [0, 0.05) is 28.6 Å². The number of benzene rings is 1. The van der Waals surface area contributed by atoms with Crippen molar-refractivity contribution in [1.29, 1.82) is 0 Å². The lowest BCUT2D eigenvalue weighted by Gasteiger charge is -2.31. The Hall–Kier alpha value is -1.44. The standard InChI is InChI=1S/C15H16N2O3S2/c18-14-15(7-8-16-14)6-3-9-17(15)22(19,20)13-10-21-12-5-2-1-4-11(12)13/h1-2,4-5,10H,3,6-9H2,(H,16,18). The van der Waals surface area contributed by atoms with Crippen LogP contribution in [0.25, 0.3) is 10.1 Å². The Balaban J connectivity index is 1.86. The number of thiophene rings is 1. The Kier molecular flexibility index (Phi) is 3.08. The summed E-state index contributed by atoms with van der Waals surface area (Å²) >= 11 is 1.42. The molecule has 0 radical (unpaired) electrons. The van der Waals surface area contributed by atoms with Crippen LogP contribution in [-0.4, -0.2) is 37.3 Å². The van der Waals surface area contributed by atoms with Crippen LogP contribution in [-0.2, 0) is 14.8 Å². The first-order valence-corrected chi connectivity index (χ1v) is 9.65. The quantitative estimate of drug-likeness (QED) is 0.911. The van der Waals surface area contributed by atoms with Crippen molar-refractivity contribution in [3.8, 4) is 0 Å². The van der Waals surface area contributed by atoms with E-state index in [0.29, 0.717) is 30.8 Å². The highest BCUT2D eigenvalue weighted by Crippen LogP contribution is 2.41. The molecule has 1 spiro atoms. The van der Waals surface area contributed by atoms with Gasteiger partial charge < -0.3 is 5.32 Å². The maximum absolute atomic E-state index is 13.2. The van der Waals surface area contributed by atoms with Gasteiger partial charge in [-0.05, 0) is 25.3 Å². The fourth-order valence-electron chi connectivity index (χ4n) is 3.61. The molecule has 1 aromatic heterocycles. The Morgan fingerprint density at radius 1 is 1.23 bits per heavy atom. The van der Waals surface area contributed by atoms with Crippen LogP contribution >= 0.6 is 11.3 Å². The molecule has 5 nitrogen and oxygen atoms in total. The van der Waals surface area contributed by atoms with Crippen LogP contribution in [0.5, 0.6) is 0 Å². The van der Waals surface area contributed by atoms with Gasteiger partial charge in [0.15, 0.2) is 0 Å². The summed E-state index contributed by atoms with van der Waals surface area (Å²) in [6.07, 6.45) is 1.90. The zero-order chi connectivity index (χ0) is 15.4. The summed E-state index contributed by atoms with van der Waals surface area (Å²) in [4.78, 5) is 12.6. The van der Waals surface area contributed by atoms with Crippen LogP contribution in [0.15, 0.2) is 34.5 Å². The minimum atomic E-state index is -3.66. The molecular formula is C15H16N2O3S2. The van der Waals surface area contributed by atoms with Crippen molar-refractivity contribution >= 4 is 37.4 Å². The van der Waals surface area contributed by atoms with Crippen LogP contribution in [0, 0.1) is 0 Å². The number of sulfonamides is 1. The molecule has 7 heteroatoms. The van der Waals surface area contributed by atoms with E-state index in [2.05, 4.69) is 5.32 Å². The molecule has 0 saturated carbocycles. The molecule has 22 heavy (non-hydrogen) atoms. The van der Waals surface area contributed by atoms with E-state index in [4.69, 9.17) is 0 Å². The van der Waals surface area contributed by atoms with Crippen molar-refractivity contribution in [2.24, 2.45) is 0 Å². The fourth-order valence-corrected chi connectivity index (χ4v) is 6.92. The minimum absolute atomic E-state index is 0.145. The number of hydrogen-bond donors (Lipinski definition) is 1. The molecule has 4 rings (SSSR count). The maximum atomic E-state index is 13.2. The molecule has 2 aliphatic rings. The van der Waals surface area contributed by atoms with E-state index in [1.54, 1.807) is 5.38 Å². The molecular weight excluding hydrogens is 320 g/mol. The Morgan fingerprint density at radius 2 is 2.05 bits per heavy atom. The van der Waals surface area contributed by atoms with Gasteiger partial charge in [0.25, 0.3) is 0 Å². The number of rotatable bonds is 2. The number of nitrogens with zero attached hydrogens (tertiary/aromatic N) is 1. The molecule has 1 aromatic carbocycles. The zero-order valence-electron chi connectivity index (χ0n) is 11.9. The molecule has 1 unspecified atom stereocenters. The van der Waals surface area contributed by atoms with Gasteiger partial charge >= 0.3 is 0 Å². The van der Waals surface area contributed by atoms with Crippen molar-refractivity contribution in [2.75, 3.05) is 13.1 Å². The number of amides is 1. The first-order chi connectivity index (χ1) is 10.6. The number of nitrogens with one attached hydrogen (secondary N) is 1. The van der Waals surface area contributed by atoms with Crippen LogP contribution in [0.1, 0.15) is 19.3 Å². The third kappa shape index (κ3) is 1.79. The first kappa shape index (κ1) is 14.2. The maximum Gasteiger partial charge on any atom is 0.245 e. The summed E-state index contributed by atoms with van der Waals surface area (Å²) < 4.78 is 28.7. The first-order valence-electron chi connectivity index (χ1n) is 7.33. The van der Waals surface area contributed by atoms with Crippen molar-refractivity contribution in [3.63, 3.8) is 0 Å². The molecule has 2 fully saturated rings. The van der Waals surface area contributed by atoms with Crippen LogP contribution in [0.4, 0.5) is 0 Å². The molecule has 0 bridgehead atoms.